The van der Waals surface area contributed by atoms with Crippen molar-refractivity contribution in [2.75, 3.05) is 18.4 Å². The van der Waals surface area contributed by atoms with Crippen molar-refractivity contribution in [1.82, 2.24) is 25.1 Å². The fraction of sp³-hybridized carbons (Fsp3) is 0.278. The van der Waals surface area contributed by atoms with Gasteiger partial charge >= 0.3 is 0 Å². The van der Waals surface area contributed by atoms with Crippen LogP contribution in [0.1, 0.15) is 22.5 Å². The van der Waals surface area contributed by atoms with Gasteiger partial charge < -0.3 is 10.2 Å². The van der Waals surface area contributed by atoms with Gasteiger partial charge in [-0.2, -0.15) is 0 Å². The van der Waals surface area contributed by atoms with Crippen LogP contribution in [0.15, 0.2) is 48.1 Å². The zero-order chi connectivity index (χ0) is 18.6. The van der Waals surface area contributed by atoms with Crippen molar-refractivity contribution >= 4 is 28.8 Å². The maximum atomic E-state index is 12.7. The van der Waals surface area contributed by atoms with Gasteiger partial charge in [-0.1, -0.05) is 6.07 Å². The predicted octanol–water partition coefficient (Wildman–Crippen LogP) is 2.21. The van der Waals surface area contributed by atoms with Crippen molar-refractivity contribution in [2.45, 2.75) is 12.8 Å². The normalized spacial score (nSPS) is 16.9. The molecule has 1 aliphatic heterocycles. The number of nitrogens with zero attached hydrogens (tertiary/aromatic N) is 5. The summed E-state index contributed by atoms with van der Waals surface area (Å²) < 4.78 is 1.54. The molecule has 1 saturated heterocycles. The van der Waals surface area contributed by atoms with Crippen molar-refractivity contribution in [3.8, 4) is 5.69 Å². The van der Waals surface area contributed by atoms with Crippen LogP contribution in [-0.2, 0) is 4.79 Å². The number of carbonyl (C=O) groups excluding carboxylic acids is 2. The largest absolute Gasteiger partial charge is 0.337 e. The van der Waals surface area contributed by atoms with E-state index in [2.05, 4.69) is 20.8 Å². The number of thiophene rings is 1. The number of hydrogen-bond acceptors (Lipinski definition) is 6. The van der Waals surface area contributed by atoms with Crippen LogP contribution in [0.25, 0.3) is 5.69 Å². The molecule has 27 heavy (non-hydrogen) atoms. The molecule has 1 aromatic carbocycles. The van der Waals surface area contributed by atoms with Gasteiger partial charge in [0.25, 0.3) is 5.91 Å². The molecule has 1 fully saturated rings. The third-order valence-electron chi connectivity index (χ3n) is 4.56. The van der Waals surface area contributed by atoms with E-state index in [-0.39, 0.29) is 17.7 Å². The Kier molecular flexibility index (Phi) is 4.93. The first-order chi connectivity index (χ1) is 13.2. The van der Waals surface area contributed by atoms with E-state index in [1.165, 1.54) is 17.7 Å². The lowest BCUT2D eigenvalue weighted by atomic mass is 9.97. The molecule has 8 nitrogen and oxygen atoms in total. The van der Waals surface area contributed by atoms with Crippen LogP contribution in [0, 0.1) is 5.92 Å². The number of anilines is 1. The Bertz CT molecular complexity index is 908. The molecule has 1 aliphatic rings. The minimum absolute atomic E-state index is 0.00768. The summed E-state index contributed by atoms with van der Waals surface area (Å²) in [6.45, 7) is 1.15. The lowest BCUT2D eigenvalue weighted by Crippen LogP contribution is -2.43. The van der Waals surface area contributed by atoms with Crippen LogP contribution >= 0.6 is 11.3 Å². The molecule has 138 valence electrons. The number of hydrogen-bond donors (Lipinski definition) is 1. The molecule has 0 spiro atoms. The summed E-state index contributed by atoms with van der Waals surface area (Å²) in [7, 11) is 0. The minimum Gasteiger partial charge on any atom is -0.337 e. The van der Waals surface area contributed by atoms with Gasteiger partial charge in [0.15, 0.2) is 0 Å². The number of likely N-dealkylation sites (tertiary alicyclic amines) is 1. The quantitative estimate of drug-likeness (QED) is 0.747. The number of piperidine rings is 1. The number of benzene rings is 1. The van der Waals surface area contributed by atoms with Gasteiger partial charge in [0.05, 0.1) is 16.5 Å². The van der Waals surface area contributed by atoms with Crippen molar-refractivity contribution in [1.29, 1.82) is 0 Å². The van der Waals surface area contributed by atoms with Gasteiger partial charge in [0.2, 0.25) is 5.91 Å². The monoisotopic (exact) mass is 382 g/mol. The van der Waals surface area contributed by atoms with E-state index in [1.54, 1.807) is 9.58 Å². The Hall–Kier alpha value is -3.07. The minimum atomic E-state index is -0.207. The highest BCUT2D eigenvalue weighted by Gasteiger charge is 2.29. The van der Waals surface area contributed by atoms with E-state index < -0.39 is 0 Å². The number of aromatic nitrogens is 4. The molecule has 0 radical (unpaired) electrons. The molecule has 0 saturated carbocycles. The molecule has 9 heteroatoms. The highest BCUT2D eigenvalue weighted by Crippen LogP contribution is 2.22. The second-order valence-electron chi connectivity index (χ2n) is 6.36. The highest BCUT2D eigenvalue weighted by molar-refractivity contribution is 7.12. The number of rotatable bonds is 4. The zero-order valence-electron chi connectivity index (χ0n) is 14.5. The molecule has 3 heterocycles. The first-order valence-electron chi connectivity index (χ1n) is 8.68. The molecule has 4 rings (SSSR count). The van der Waals surface area contributed by atoms with Crippen LogP contribution in [0.4, 0.5) is 5.69 Å². The van der Waals surface area contributed by atoms with E-state index in [0.717, 1.165) is 18.5 Å². The zero-order valence-corrected chi connectivity index (χ0v) is 15.3. The van der Waals surface area contributed by atoms with Crippen LogP contribution in [0.5, 0.6) is 0 Å². The summed E-state index contributed by atoms with van der Waals surface area (Å²) >= 11 is 1.43. The third-order valence-corrected chi connectivity index (χ3v) is 5.42. The number of carbonyl (C=O) groups is 2. The van der Waals surface area contributed by atoms with Crippen molar-refractivity contribution < 1.29 is 9.59 Å². The Morgan fingerprint density at radius 3 is 2.74 bits per heavy atom. The topological polar surface area (TPSA) is 93.0 Å². The van der Waals surface area contributed by atoms with Crippen LogP contribution < -0.4 is 5.32 Å². The van der Waals surface area contributed by atoms with Crippen LogP contribution in [0.3, 0.4) is 0 Å². The van der Waals surface area contributed by atoms with E-state index in [9.17, 15) is 9.59 Å². The maximum Gasteiger partial charge on any atom is 0.263 e. The van der Waals surface area contributed by atoms with E-state index in [1.807, 2.05) is 41.8 Å². The molecule has 2 aromatic heterocycles. The van der Waals surface area contributed by atoms with Crippen LogP contribution in [0.2, 0.25) is 0 Å². The molecule has 0 aliphatic carbocycles. The van der Waals surface area contributed by atoms with E-state index >= 15 is 0 Å². The van der Waals surface area contributed by atoms with Crippen molar-refractivity contribution in [2.24, 2.45) is 5.92 Å². The van der Waals surface area contributed by atoms with E-state index in [4.69, 9.17) is 0 Å². The molecular weight excluding hydrogens is 364 g/mol. The summed E-state index contributed by atoms with van der Waals surface area (Å²) in [6, 6.07) is 11.0. The first kappa shape index (κ1) is 17.3. The summed E-state index contributed by atoms with van der Waals surface area (Å²) in [5.41, 5.74) is 1.52. The number of tetrazole rings is 1. The Balaban J connectivity index is 1.38. The second kappa shape index (κ2) is 7.67. The Morgan fingerprint density at radius 1 is 1.19 bits per heavy atom. The van der Waals surface area contributed by atoms with Crippen molar-refractivity contribution in [3.05, 3.63) is 53.0 Å². The van der Waals surface area contributed by atoms with Gasteiger partial charge in [0, 0.05) is 18.8 Å². The summed E-state index contributed by atoms with van der Waals surface area (Å²) in [6.07, 6.45) is 3.12. The maximum absolute atomic E-state index is 12.7. The molecule has 1 N–H and O–H groups in total. The molecule has 1 atom stereocenters. The lowest BCUT2D eigenvalue weighted by molar-refractivity contribution is -0.121. The average molecular weight is 382 g/mol. The van der Waals surface area contributed by atoms with Gasteiger partial charge in [-0.15, -0.1) is 16.4 Å². The predicted molar refractivity (Wildman–Crippen MR) is 101 cm³/mol. The third kappa shape index (κ3) is 3.87. The first-order valence-corrected chi connectivity index (χ1v) is 9.56. The smallest absolute Gasteiger partial charge is 0.263 e. The molecule has 0 bridgehead atoms. The molecule has 1 unspecified atom stereocenters. The molecule has 3 aromatic rings. The van der Waals surface area contributed by atoms with Gasteiger partial charge in [-0.3, -0.25) is 9.59 Å². The lowest BCUT2D eigenvalue weighted by Gasteiger charge is -2.31. The van der Waals surface area contributed by atoms with E-state index in [0.29, 0.717) is 23.7 Å². The summed E-state index contributed by atoms with van der Waals surface area (Å²) in [5, 5.41) is 15.9. The summed E-state index contributed by atoms with van der Waals surface area (Å²) in [4.78, 5) is 27.7. The Labute approximate surface area is 159 Å². The fourth-order valence-electron chi connectivity index (χ4n) is 3.15. The highest BCUT2D eigenvalue weighted by atomic mass is 32.1. The van der Waals surface area contributed by atoms with Gasteiger partial charge in [-0.05, 0) is 59.0 Å². The molecule has 2 amide bonds. The van der Waals surface area contributed by atoms with Crippen LogP contribution in [-0.4, -0.2) is 50.0 Å². The number of amides is 2. The van der Waals surface area contributed by atoms with Gasteiger partial charge in [0.1, 0.15) is 6.33 Å². The average Bonchev–Trinajstić information content (AvgIpc) is 3.42. The summed E-state index contributed by atoms with van der Waals surface area (Å²) in [5.74, 6) is -0.260. The number of nitrogens with one attached hydrogen (secondary N) is 1. The molecular formula is C18H18N6O2S. The van der Waals surface area contributed by atoms with Gasteiger partial charge in [-0.25, -0.2) is 4.68 Å². The fourth-order valence-corrected chi connectivity index (χ4v) is 3.84. The standard InChI is InChI=1S/C18H18N6O2S/c25-17(20-14-5-7-15(8-6-14)24-12-19-21-22-24)13-3-1-9-23(11-13)18(26)16-4-2-10-27-16/h2,4-8,10,12-13H,1,3,9,11H2,(H,20,25). The Morgan fingerprint density at radius 2 is 2.04 bits per heavy atom. The SMILES string of the molecule is O=C(Nc1ccc(-n2cnnn2)cc1)C1CCCN(C(=O)c2cccs2)C1. The van der Waals surface area contributed by atoms with Crippen molar-refractivity contribution in [3.63, 3.8) is 0 Å². The second-order valence-corrected chi connectivity index (χ2v) is 7.31.